The number of nitrogens with zero attached hydrogens (tertiary/aromatic N) is 4. The normalized spacial score (nSPS) is 28.9. The van der Waals surface area contributed by atoms with Gasteiger partial charge in [0.2, 0.25) is 5.91 Å². The molecule has 0 radical (unpaired) electrons. The van der Waals surface area contributed by atoms with Gasteiger partial charge in [-0.1, -0.05) is 6.07 Å². The monoisotopic (exact) mass is 582 g/mol. The number of ether oxygens (including phenoxy) is 1. The molecule has 2 aliphatic carbocycles. The zero-order valence-electron chi connectivity index (χ0n) is 22.6. The summed E-state index contributed by atoms with van der Waals surface area (Å²) in [5, 5.41) is 20.1. The van der Waals surface area contributed by atoms with Crippen LogP contribution in [0.25, 0.3) is 0 Å². The molecule has 0 bridgehead atoms. The molecule has 0 spiro atoms. The summed E-state index contributed by atoms with van der Waals surface area (Å²) in [5.41, 5.74) is -0.491. The number of benzene rings is 1. The van der Waals surface area contributed by atoms with Crippen molar-refractivity contribution in [3.8, 4) is 6.07 Å². The van der Waals surface area contributed by atoms with E-state index in [1.807, 2.05) is 0 Å². The Hall–Kier alpha value is -3.92. The second-order valence-corrected chi connectivity index (χ2v) is 11.9. The van der Waals surface area contributed by atoms with Gasteiger partial charge in [-0.15, -0.1) is 0 Å². The van der Waals surface area contributed by atoms with Crippen molar-refractivity contribution in [1.29, 1.82) is 5.26 Å². The van der Waals surface area contributed by atoms with Crippen LogP contribution in [-0.2, 0) is 15.7 Å². The average Bonchev–Trinajstić information content (AvgIpc) is 3.90. The predicted molar refractivity (Wildman–Crippen MR) is 140 cm³/mol. The fourth-order valence-electron chi connectivity index (χ4n) is 6.93. The van der Waals surface area contributed by atoms with Gasteiger partial charge in [-0.05, 0) is 68.6 Å². The van der Waals surface area contributed by atoms with E-state index in [0.717, 1.165) is 37.5 Å². The van der Waals surface area contributed by atoms with Crippen LogP contribution in [0.4, 0.5) is 19.0 Å². The molecule has 2 N–H and O–H groups in total. The molecule has 2 saturated heterocycles. The molecule has 1 aromatic carbocycles. The van der Waals surface area contributed by atoms with E-state index in [9.17, 15) is 32.8 Å². The number of fused-ring (bicyclic) bond motifs is 2. The first-order chi connectivity index (χ1) is 20.2. The van der Waals surface area contributed by atoms with Gasteiger partial charge in [0, 0.05) is 36.3 Å². The number of likely N-dealkylation sites (tertiary alicyclic amines) is 1. The van der Waals surface area contributed by atoms with Crippen molar-refractivity contribution in [2.45, 2.75) is 74.8 Å². The number of nitrogens with one attached hydrogen (secondary N) is 2. The Balaban J connectivity index is 1.28. The molecular formula is C29H29F3N6O4. The molecule has 2 aromatic rings. The van der Waals surface area contributed by atoms with Crippen LogP contribution in [-0.4, -0.2) is 63.7 Å². The lowest BCUT2D eigenvalue weighted by Gasteiger charge is -2.34. The van der Waals surface area contributed by atoms with Gasteiger partial charge in [-0.25, -0.2) is 4.68 Å². The third-order valence-corrected chi connectivity index (χ3v) is 9.26. The molecule has 5 unspecified atom stereocenters. The summed E-state index contributed by atoms with van der Waals surface area (Å²) in [6, 6.07) is 4.48. The van der Waals surface area contributed by atoms with Gasteiger partial charge in [-0.3, -0.25) is 14.4 Å². The first kappa shape index (κ1) is 26.9. The minimum atomic E-state index is -4.63. The lowest BCUT2D eigenvalue weighted by atomic mass is 9.83. The smallest absolute Gasteiger partial charge is 0.381 e. The van der Waals surface area contributed by atoms with E-state index in [0.29, 0.717) is 49.8 Å². The summed E-state index contributed by atoms with van der Waals surface area (Å²) in [7, 11) is 0. The highest BCUT2D eigenvalue weighted by atomic mass is 19.4. The van der Waals surface area contributed by atoms with E-state index in [-0.39, 0.29) is 35.2 Å². The molecule has 2 saturated carbocycles. The van der Waals surface area contributed by atoms with Gasteiger partial charge in [-0.2, -0.15) is 23.5 Å². The van der Waals surface area contributed by atoms with Crippen LogP contribution < -0.4 is 10.6 Å². The summed E-state index contributed by atoms with van der Waals surface area (Å²) in [6.07, 6.45) is -0.376. The molecule has 220 valence electrons. The molecule has 3 amide bonds. The van der Waals surface area contributed by atoms with Crippen molar-refractivity contribution < 1.29 is 32.3 Å². The molecule has 5 aliphatic rings. The van der Waals surface area contributed by atoms with E-state index in [1.165, 1.54) is 6.07 Å². The number of amides is 3. The van der Waals surface area contributed by atoms with Gasteiger partial charge in [0.25, 0.3) is 11.8 Å². The Morgan fingerprint density at radius 3 is 2.57 bits per heavy atom. The molecule has 4 fully saturated rings. The maximum Gasteiger partial charge on any atom is 0.416 e. The molecule has 3 aliphatic heterocycles. The molecule has 1 aromatic heterocycles. The topological polar surface area (TPSA) is 129 Å². The van der Waals surface area contributed by atoms with Gasteiger partial charge < -0.3 is 20.3 Å². The van der Waals surface area contributed by atoms with Crippen molar-refractivity contribution in [3.05, 3.63) is 46.6 Å². The SMILES string of the molecule is N#CC1CC2CC2N1C(=O)c1nn(C2CCOCC2)c2c1C(C1CC1)C(NC(=O)c1cccc(C(F)(F)F)c1)C(=O)N2. The van der Waals surface area contributed by atoms with Crippen molar-refractivity contribution in [1.82, 2.24) is 20.0 Å². The Morgan fingerprint density at radius 1 is 1.12 bits per heavy atom. The van der Waals surface area contributed by atoms with Gasteiger partial charge >= 0.3 is 6.18 Å². The summed E-state index contributed by atoms with van der Waals surface area (Å²) in [6.45, 7) is 1.01. The van der Waals surface area contributed by atoms with Crippen LogP contribution in [0.15, 0.2) is 24.3 Å². The highest BCUT2D eigenvalue weighted by Crippen LogP contribution is 2.52. The van der Waals surface area contributed by atoms with Crippen molar-refractivity contribution in [3.63, 3.8) is 0 Å². The highest BCUT2D eigenvalue weighted by molar-refractivity contribution is 6.06. The molecule has 42 heavy (non-hydrogen) atoms. The van der Waals surface area contributed by atoms with Crippen LogP contribution in [0.2, 0.25) is 0 Å². The second kappa shape index (κ2) is 9.83. The lowest BCUT2D eigenvalue weighted by Crippen LogP contribution is -2.51. The van der Waals surface area contributed by atoms with Crippen molar-refractivity contribution >= 4 is 23.5 Å². The number of hydrogen-bond acceptors (Lipinski definition) is 6. The summed E-state index contributed by atoms with van der Waals surface area (Å²) in [5.74, 6) is -1.61. The number of carbonyl (C=O) groups excluding carboxylic acids is 3. The van der Waals surface area contributed by atoms with Crippen LogP contribution in [0, 0.1) is 23.2 Å². The number of nitriles is 1. The van der Waals surface area contributed by atoms with E-state index < -0.39 is 41.6 Å². The van der Waals surface area contributed by atoms with E-state index in [2.05, 4.69) is 16.7 Å². The first-order valence-electron chi connectivity index (χ1n) is 14.4. The number of aromatic nitrogens is 2. The Labute approximate surface area is 239 Å². The Kier molecular flexibility index (Phi) is 6.31. The molecule has 5 atom stereocenters. The maximum absolute atomic E-state index is 14.1. The highest BCUT2D eigenvalue weighted by Gasteiger charge is 2.56. The fraction of sp³-hybridized carbons (Fsp3) is 0.552. The molecular weight excluding hydrogens is 553 g/mol. The van der Waals surface area contributed by atoms with Crippen molar-refractivity contribution in [2.24, 2.45) is 11.8 Å². The molecule has 10 nitrogen and oxygen atoms in total. The van der Waals surface area contributed by atoms with E-state index in [4.69, 9.17) is 9.84 Å². The number of piperidine rings is 1. The Morgan fingerprint density at radius 2 is 1.88 bits per heavy atom. The second-order valence-electron chi connectivity index (χ2n) is 11.9. The molecule has 7 rings (SSSR count). The van der Waals surface area contributed by atoms with Gasteiger partial charge in [0.1, 0.15) is 17.9 Å². The largest absolute Gasteiger partial charge is 0.416 e. The molecule has 13 heteroatoms. The van der Waals surface area contributed by atoms with Gasteiger partial charge in [0.15, 0.2) is 5.69 Å². The number of alkyl halides is 3. The summed E-state index contributed by atoms with van der Waals surface area (Å²) < 4.78 is 47.2. The maximum atomic E-state index is 14.1. The summed E-state index contributed by atoms with van der Waals surface area (Å²) in [4.78, 5) is 42.6. The molecule has 4 heterocycles. The fourth-order valence-corrected chi connectivity index (χ4v) is 6.93. The van der Waals surface area contributed by atoms with Crippen LogP contribution in [0.3, 0.4) is 0 Å². The zero-order chi connectivity index (χ0) is 29.3. The van der Waals surface area contributed by atoms with Gasteiger partial charge in [0.05, 0.1) is 17.7 Å². The number of halogens is 3. The number of anilines is 1. The lowest BCUT2D eigenvalue weighted by molar-refractivity contribution is -0.137. The number of hydrogen-bond donors (Lipinski definition) is 2. The Bertz CT molecular complexity index is 1510. The number of rotatable bonds is 5. The zero-order valence-corrected chi connectivity index (χ0v) is 22.6. The third-order valence-electron chi connectivity index (χ3n) is 9.26. The van der Waals surface area contributed by atoms with E-state index >= 15 is 0 Å². The van der Waals surface area contributed by atoms with Crippen LogP contribution in [0.1, 0.15) is 82.5 Å². The quantitative estimate of drug-likeness (QED) is 0.554. The first-order valence-corrected chi connectivity index (χ1v) is 14.4. The predicted octanol–water partition coefficient (Wildman–Crippen LogP) is 3.62. The standard InChI is InChI=1S/C29H29F3N6O4/c30-29(31,32)17-3-1-2-15(10-17)26(39)34-23-21(14-4-5-14)22-24(28(41)37-19(13-33)11-16-12-20(16)37)36-38(25(22)35-27(23)40)18-6-8-42-9-7-18/h1-3,10,14,16,18-21,23H,4-9,11-12H2,(H,34,39)(H,35,40). The van der Waals surface area contributed by atoms with Crippen LogP contribution >= 0.6 is 0 Å². The summed E-state index contributed by atoms with van der Waals surface area (Å²) >= 11 is 0. The third kappa shape index (κ3) is 4.52. The van der Waals surface area contributed by atoms with E-state index in [1.54, 1.807) is 9.58 Å². The minimum absolute atomic E-state index is 0.0139. The van der Waals surface area contributed by atoms with Crippen molar-refractivity contribution in [2.75, 3.05) is 18.5 Å². The average molecular weight is 583 g/mol. The van der Waals surface area contributed by atoms with Crippen LogP contribution in [0.5, 0.6) is 0 Å². The number of carbonyl (C=O) groups is 3. The minimum Gasteiger partial charge on any atom is -0.381 e.